The number of morpholine rings is 1. The van der Waals surface area contributed by atoms with Gasteiger partial charge in [-0.1, -0.05) is 12.1 Å². The lowest BCUT2D eigenvalue weighted by molar-refractivity contribution is -0.101. The Morgan fingerprint density at radius 1 is 0.704 bits per heavy atom. The summed E-state index contributed by atoms with van der Waals surface area (Å²) in [5.41, 5.74) is 2.37. The van der Waals surface area contributed by atoms with Crippen LogP contribution in [-0.4, -0.2) is 49.9 Å². The summed E-state index contributed by atoms with van der Waals surface area (Å²) in [4.78, 5) is 0. The molecule has 0 N–H and O–H groups in total. The predicted octanol–water partition coefficient (Wildman–Crippen LogP) is 2.39. The Balaban J connectivity index is 1.37. The largest absolute Gasteiger partial charge is 0.454 e. The fourth-order valence-corrected chi connectivity index (χ4v) is 3.59. The fourth-order valence-electron chi connectivity index (χ4n) is 3.59. The molecule has 7 nitrogen and oxygen atoms in total. The number of hydrogen-bond acceptors (Lipinski definition) is 7. The summed E-state index contributed by atoms with van der Waals surface area (Å²) >= 11 is 0. The number of fused-ring (bicyclic) bond motifs is 2. The molecule has 0 spiro atoms. The third kappa shape index (κ3) is 3.53. The number of benzene rings is 2. The van der Waals surface area contributed by atoms with Crippen LogP contribution >= 0.6 is 0 Å². The molecule has 0 radical (unpaired) electrons. The Bertz CT molecular complexity index is 763. The Labute approximate surface area is 157 Å². The van der Waals surface area contributed by atoms with Crippen LogP contribution < -0.4 is 18.9 Å². The number of rotatable bonds is 5. The Morgan fingerprint density at radius 3 is 1.78 bits per heavy atom. The number of nitrogens with zero attached hydrogens (tertiary/aromatic N) is 2. The van der Waals surface area contributed by atoms with E-state index in [2.05, 4.69) is 34.3 Å². The van der Waals surface area contributed by atoms with E-state index in [1.54, 1.807) is 0 Å². The summed E-state index contributed by atoms with van der Waals surface area (Å²) in [7, 11) is 0. The highest BCUT2D eigenvalue weighted by Crippen LogP contribution is 2.34. The van der Waals surface area contributed by atoms with Gasteiger partial charge in [0, 0.05) is 26.2 Å². The molecular formula is C20H22N2O5. The number of hydrazine groups is 1. The van der Waals surface area contributed by atoms with Crippen LogP contribution in [0.5, 0.6) is 23.0 Å². The molecule has 27 heavy (non-hydrogen) atoms. The first-order valence-corrected chi connectivity index (χ1v) is 9.20. The van der Waals surface area contributed by atoms with Crippen molar-refractivity contribution in [2.24, 2.45) is 0 Å². The summed E-state index contributed by atoms with van der Waals surface area (Å²) in [6.45, 7) is 5.42. The molecule has 0 saturated carbocycles. The smallest absolute Gasteiger partial charge is 0.231 e. The molecule has 142 valence electrons. The molecule has 1 saturated heterocycles. The van der Waals surface area contributed by atoms with Gasteiger partial charge in [-0.15, -0.1) is 0 Å². The fraction of sp³-hybridized carbons (Fsp3) is 0.400. The van der Waals surface area contributed by atoms with E-state index in [1.165, 1.54) is 11.1 Å². The molecule has 0 aromatic heterocycles. The zero-order chi connectivity index (χ0) is 18.1. The van der Waals surface area contributed by atoms with Crippen LogP contribution in [0, 0.1) is 0 Å². The highest BCUT2D eigenvalue weighted by atomic mass is 16.7. The third-order valence-electron chi connectivity index (χ3n) is 4.99. The lowest BCUT2D eigenvalue weighted by atomic mass is 10.1. The summed E-state index contributed by atoms with van der Waals surface area (Å²) in [5.74, 6) is 3.26. The van der Waals surface area contributed by atoms with Crippen molar-refractivity contribution in [3.05, 3.63) is 47.5 Å². The first-order chi connectivity index (χ1) is 13.3. The Kier molecular flexibility index (Phi) is 4.49. The van der Waals surface area contributed by atoms with Gasteiger partial charge in [-0.05, 0) is 35.4 Å². The lowest BCUT2D eigenvalue weighted by Crippen LogP contribution is -2.47. The minimum Gasteiger partial charge on any atom is -0.454 e. The van der Waals surface area contributed by atoms with Crippen molar-refractivity contribution in [3.8, 4) is 23.0 Å². The zero-order valence-corrected chi connectivity index (χ0v) is 15.1. The topological polar surface area (TPSA) is 52.6 Å². The van der Waals surface area contributed by atoms with Gasteiger partial charge in [0.1, 0.15) is 0 Å². The van der Waals surface area contributed by atoms with Crippen LogP contribution in [0.2, 0.25) is 0 Å². The quantitative estimate of drug-likeness (QED) is 0.801. The van der Waals surface area contributed by atoms with Crippen molar-refractivity contribution in [3.63, 3.8) is 0 Å². The van der Waals surface area contributed by atoms with Crippen molar-refractivity contribution < 1.29 is 23.7 Å². The van der Waals surface area contributed by atoms with Crippen molar-refractivity contribution in [2.75, 3.05) is 39.9 Å². The van der Waals surface area contributed by atoms with Crippen LogP contribution in [0.15, 0.2) is 36.4 Å². The third-order valence-corrected chi connectivity index (χ3v) is 4.99. The first-order valence-electron chi connectivity index (χ1n) is 9.20. The van der Waals surface area contributed by atoms with E-state index in [-0.39, 0.29) is 0 Å². The van der Waals surface area contributed by atoms with Crippen LogP contribution in [0.4, 0.5) is 0 Å². The van der Waals surface area contributed by atoms with Crippen LogP contribution in [0.3, 0.4) is 0 Å². The van der Waals surface area contributed by atoms with Gasteiger partial charge < -0.3 is 23.7 Å². The van der Waals surface area contributed by atoms with Gasteiger partial charge >= 0.3 is 0 Å². The van der Waals surface area contributed by atoms with Crippen molar-refractivity contribution in [1.29, 1.82) is 0 Å². The van der Waals surface area contributed by atoms with Gasteiger partial charge in [0.15, 0.2) is 23.0 Å². The molecule has 3 aliphatic heterocycles. The summed E-state index contributed by atoms with van der Waals surface area (Å²) in [6.07, 6.45) is 0. The molecule has 5 rings (SSSR count). The Hall–Kier alpha value is -2.48. The molecule has 3 heterocycles. The van der Waals surface area contributed by atoms with E-state index in [4.69, 9.17) is 23.7 Å². The molecule has 7 heteroatoms. The van der Waals surface area contributed by atoms with Gasteiger partial charge in [0.2, 0.25) is 13.6 Å². The molecule has 0 amide bonds. The second-order valence-corrected chi connectivity index (χ2v) is 6.76. The molecule has 2 aromatic carbocycles. The minimum absolute atomic E-state index is 0.295. The lowest BCUT2D eigenvalue weighted by Gasteiger charge is -2.37. The Morgan fingerprint density at radius 2 is 1.22 bits per heavy atom. The molecule has 2 aromatic rings. The van der Waals surface area contributed by atoms with E-state index in [0.717, 1.165) is 62.4 Å². The number of ether oxygens (including phenoxy) is 5. The minimum atomic E-state index is 0.295. The highest BCUT2D eigenvalue weighted by molar-refractivity contribution is 5.45. The van der Waals surface area contributed by atoms with Crippen LogP contribution in [-0.2, 0) is 17.8 Å². The van der Waals surface area contributed by atoms with Gasteiger partial charge in [0.05, 0.1) is 13.2 Å². The number of hydrogen-bond donors (Lipinski definition) is 0. The van der Waals surface area contributed by atoms with Gasteiger partial charge in [-0.25, -0.2) is 10.0 Å². The average molecular weight is 370 g/mol. The SMILES string of the molecule is c1cc2c(cc1CN(Cc1ccc3c(c1)OCO3)N1CCOCC1)OCO2. The van der Waals surface area contributed by atoms with E-state index >= 15 is 0 Å². The van der Waals surface area contributed by atoms with Crippen molar-refractivity contribution >= 4 is 0 Å². The molecule has 0 atom stereocenters. The highest BCUT2D eigenvalue weighted by Gasteiger charge is 2.22. The van der Waals surface area contributed by atoms with Crippen LogP contribution in [0.1, 0.15) is 11.1 Å². The molecule has 3 aliphatic rings. The predicted molar refractivity (Wildman–Crippen MR) is 96.8 cm³/mol. The summed E-state index contributed by atoms with van der Waals surface area (Å²) in [6, 6.07) is 12.3. The van der Waals surface area contributed by atoms with E-state index in [9.17, 15) is 0 Å². The van der Waals surface area contributed by atoms with E-state index in [0.29, 0.717) is 13.6 Å². The second kappa shape index (κ2) is 7.26. The zero-order valence-electron chi connectivity index (χ0n) is 15.1. The summed E-state index contributed by atoms with van der Waals surface area (Å²) in [5, 5.41) is 4.72. The monoisotopic (exact) mass is 370 g/mol. The molecule has 0 unspecified atom stereocenters. The second-order valence-electron chi connectivity index (χ2n) is 6.76. The van der Waals surface area contributed by atoms with Gasteiger partial charge in [-0.3, -0.25) is 0 Å². The van der Waals surface area contributed by atoms with Gasteiger partial charge in [-0.2, -0.15) is 0 Å². The van der Waals surface area contributed by atoms with Crippen molar-refractivity contribution in [1.82, 2.24) is 10.0 Å². The van der Waals surface area contributed by atoms with E-state index < -0.39 is 0 Å². The molecule has 0 aliphatic carbocycles. The standard InChI is InChI=1S/C20H22N2O5/c1-3-17-19(26-13-24-17)9-15(1)11-22(21-5-7-23-8-6-21)12-16-2-4-18-20(10-16)27-14-25-18/h1-4,9-10H,5-8,11-14H2. The summed E-state index contributed by atoms with van der Waals surface area (Å²) < 4.78 is 27.4. The average Bonchev–Trinajstić information content (AvgIpc) is 3.36. The maximum absolute atomic E-state index is 5.53. The van der Waals surface area contributed by atoms with Crippen molar-refractivity contribution in [2.45, 2.75) is 13.1 Å². The maximum atomic E-state index is 5.53. The normalized spacial score (nSPS) is 18.3. The molecule has 0 bridgehead atoms. The van der Waals surface area contributed by atoms with Crippen LogP contribution in [0.25, 0.3) is 0 Å². The van der Waals surface area contributed by atoms with Gasteiger partial charge in [0.25, 0.3) is 0 Å². The maximum Gasteiger partial charge on any atom is 0.231 e. The molecule has 1 fully saturated rings. The van der Waals surface area contributed by atoms with E-state index in [1.807, 2.05) is 12.1 Å². The molecular weight excluding hydrogens is 348 g/mol. The first kappa shape index (κ1) is 16.7.